The molecule has 0 aliphatic heterocycles. The molecule has 1 heterocycles. The number of oxazole rings is 1. The molecule has 1 saturated carbocycles. The van der Waals surface area contributed by atoms with Crippen molar-refractivity contribution in [3.63, 3.8) is 0 Å². The number of carbonyl (C=O) groups is 1. The Kier molecular flexibility index (Phi) is 5.62. The number of ether oxygens (including phenoxy) is 2. The number of aliphatic hydroxyl groups excluding tert-OH is 1. The molecule has 0 radical (unpaired) electrons. The topological polar surface area (TPSA) is 81.8 Å². The van der Waals surface area contributed by atoms with Crippen LogP contribution in [-0.4, -0.2) is 22.5 Å². The second-order valence-electron chi connectivity index (χ2n) is 7.35. The predicted octanol–water partition coefficient (Wildman–Crippen LogP) is 4.94. The van der Waals surface area contributed by atoms with Crippen LogP contribution in [0.2, 0.25) is 0 Å². The third-order valence-electron chi connectivity index (χ3n) is 4.66. The maximum Gasteiger partial charge on any atom is 0.226 e. The van der Waals surface area contributed by atoms with E-state index in [1.165, 1.54) is 26.0 Å². The van der Waals surface area contributed by atoms with E-state index in [0.29, 0.717) is 23.3 Å². The maximum atomic E-state index is 11.1. The van der Waals surface area contributed by atoms with Crippen LogP contribution in [0.5, 0.6) is 17.2 Å². The van der Waals surface area contributed by atoms with Crippen molar-refractivity contribution in [1.82, 2.24) is 4.98 Å². The van der Waals surface area contributed by atoms with Crippen molar-refractivity contribution in [2.75, 3.05) is 6.61 Å². The van der Waals surface area contributed by atoms with Crippen LogP contribution in [0.4, 0.5) is 0 Å². The minimum absolute atomic E-state index is 0.00481. The fourth-order valence-electron chi connectivity index (χ4n) is 2.87. The molecule has 1 fully saturated rings. The van der Waals surface area contributed by atoms with Gasteiger partial charge in [0.15, 0.2) is 5.76 Å². The molecule has 3 aromatic rings. The molecule has 1 N–H and O–H groups in total. The van der Waals surface area contributed by atoms with Crippen LogP contribution < -0.4 is 9.47 Å². The Labute approximate surface area is 169 Å². The molecule has 1 aromatic heterocycles. The Hall–Kier alpha value is -3.12. The highest BCUT2D eigenvalue weighted by Crippen LogP contribution is 2.31. The van der Waals surface area contributed by atoms with Crippen LogP contribution in [0.15, 0.2) is 59.1 Å². The molecular weight excluding hydrogens is 370 g/mol. The average Bonchev–Trinajstić information content (AvgIpc) is 3.40. The minimum atomic E-state index is -0.981. The van der Waals surface area contributed by atoms with Crippen molar-refractivity contribution in [1.29, 1.82) is 0 Å². The third-order valence-corrected chi connectivity index (χ3v) is 4.66. The third kappa shape index (κ3) is 5.23. The van der Waals surface area contributed by atoms with Crippen LogP contribution in [0.25, 0.3) is 11.5 Å². The number of Topliss-reactive ketones (excluding diaryl/α,β-unsaturated/α-hetero) is 1. The van der Waals surface area contributed by atoms with Gasteiger partial charge >= 0.3 is 0 Å². The molecule has 0 amide bonds. The van der Waals surface area contributed by atoms with E-state index in [9.17, 15) is 9.90 Å². The van der Waals surface area contributed by atoms with Gasteiger partial charge in [-0.25, -0.2) is 4.98 Å². The lowest BCUT2D eigenvalue weighted by atomic mass is 10.2. The van der Waals surface area contributed by atoms with E-state index < -0.39 is 6.10 Å². The fourth-order valence-corrected chi connectivity index (χ4v) is 2.87. The van der Waals surface area contributed by atoms with Gasteiger partial charge in [-0.2, -0.15) is 0 Å². The summed E-state index contributed by atoms with van der Waals surface area (Å²) in [6, 6.07) is 14.9. The van der Waals surface area contributed by atoms with E-state index >= 15 is 0 Å². The SMILES string of the molecule is CC(=O)CC(O)c1cnc(-c2ccc(Oc3cccc(OCC4CC4)c3)cc2)o1. The van der Waals surface area contributed by atoms with E-state index in [-0.39, 0.29) is 18.0 Å². The van der Waals surface area contributed by atoms with Gasteiger partial charge in [-0.15, -0.1) is 0 Å². The molecule has 2 aromatic carbocycles. The second kappa shape index (κ2) is 8.49. The number of hydrogen-bond acceptors (Lipinski definition) is 6. The number of hydrogen-bond donors (Lipinski definition) is 1. The zero-order chi connectivity index (χ0) is 20.2. The highest BCUT2D eigenvalue weighted by molar-refractivity contribution is 5.76. The number of aromatic nitrogens is 1. The molecule has 29 heavy (non-hydrogen) atoms. The van der Waals surface area contributed by atoms with Gasteiger partial charge in [-0.1, -0.05) is 6.07 Å². The first-order chi connectivity index (χ1) is 14.1. The number of carbonyl (C=O) groups excluding carboxylic acids is 1. The average molecular weight is 393 g/mol. The zero-order valence-corrected chi connectivity index (χ0v) is 16.2. The lowest BCUT2D eigenvalue weighted by molar-refractivity contribution is -0.119. The quantitative estimate of drug-likeness (QED) is 0.555. The van der Waals surface area contributed by atoms with Gasteiger partial charge in [0.05, 0.1) is 12.8 Å². The van der Waals surface area contributed by atoms with Crippen LogP contribution in [0.1, 0.15) is 38.1 Å². The van der Waals surface area contributed by atoms with Crippen molar-refractivity contribution in [3.8, 4) is 28.7 Å². The monoisotopic (exact) mass is 393 g/mol. The molecule has 1 unspecified atom stereocenters. The van der Waals surface area contributed by atoms with Crippen molar-refractivity contribution in [2.45, 2.75) is 32.3 Å². The summed E-state index contributed by atoms with van der Waals surface area (Å²) in [6.07, 6.45) is 2.98. The van der Waals surface area contributed by atoms with Gasteiger partial charge in [0.25, 0.3) is 0 Å². The fraction of sp³-hybridized carbons (Fsp3) is 0.304. The highest BCUT2D eigenvalue weighted by atomic mass is 16.5. The van der Waals surface area contributed by atoms with Crippen molar-refractivity contribution in [3.05, 3.63) is 60.5 Å². The molecule has 1 atom stereocenters. The maximum absolute atomic E-state index is 11.1. The van der Waals surface area contributed by atoms with Crippen molar-refractivity contribution in [2.24, 2.45) is 5.92 Å². The Bertz CT molecular complexity index is 975. The van der Waals surface area contributed by atoms with Gasteiger partial charge < -0.3 is 19.0 Å². The molecule has 1 aliphatic rings. The summed E-state index contributed by atoms with van der Waals surface area (Å²) in [5.41, 5.74) is 0.750. The Morgan fingerprint density at radius 1 is 1.17 bits per heavy atom. The van der Waals surface area contributed by atoms with Gasteiger partial charge in [0.2, 0.25) is 5.89 Å². The predicted molar refractivity (Wildman–Crippen MR) is 107 cm³/mol. The molecule has 4 rings (SSSR count). The molecule has 1 aliphatic carbocycles. The number of benzene rings is 2. The molecule has 6 nitrogen and oxygen atoms in total. The number of aliphatic hydroxyl groups is 1. The minimum Gasteiger partial charge on any atom is -0.493 e. The summed E-state index contributed by atoms with van der Waals surface area (Å²) >= 11 is 0. The summed E-state index contributed by atoms with van der Waals surface area (Å²) in [6.45, 7) is 2.19. The van der Waals surface area contributed by atoms with Crippen LogP contribution in [-0.2, 0) is 4.79 Å². The zero-order valence-electron chi connectivity index (χ0n) is 16.2. The van der Waals surface area contributed by atoms with Crippen LogP contribution >= 0.6 is 0 Å². The van der Waals surface area contributed by atoms with E-state index in [1.54, 1.807) is 0 Å². The Balaban J connectivity index is 1.40. The van der Waals surface area contributed by atoms with Gasteiger partial charge in [0.1, 0.15) is 29.1 Å². The largest absolute Gasteiger partial charge is 0.493 e. The van der Waals surface area contributed by atoms with E-state index in [4.69, 9.17) is 13.9 Å². The standard InChI is InChI=1S/C23H23NO5/c1-15(25)11-21(26)22-13-24-23(29-22)17-7-9-18(10-8-17)28-20-4-2-3-19(12-20)27-14-16-5-6-16/h2-4,7-10,12-13,16,21,26H,5-6,11,14H2,1H3. The summed E-state index contributed by atoms with van der Waals surface area (Å²) in [5.74, 6) is 3.43. The van der Waals surface area contributed by atoms with Gasteiger partial charge in [0, 0.05) is 18.1 Å². The number of nitrogens with zero attached hydrogens (tertiary/aromatic N) is 1. The molecule has 6 heteroatoms. The summed E-state index contributed by atoms with van der Waals surface area (Å²) in [5, 5.41) is 9.97. The van der Waals surface area contributed by atoms with Crippen molar-refractivity contribution < 1.29 is 23.8 Å². The summed E-state index contributed by atoms with van der Waals surface area (Å²) in [4.78, 5) is 15.3. The second-order valence-corrected chi connectivity index (χ2v) is 7.35. The smallest absolute Gasteiger partial charge is 0.226 e. The van der Waals surface area contributed by atoms with E-state index in [2.05, 4.69) is 4.98 Å². The molecular formula is C23H23NO5. The summed E-state index contributed by atoms with van der Waals surface area (Å²) < 4.78 is 17.3. The van der Waals surface area contributed by atoms with E-state index in [1.807, 2.05) is 48.5 Å². The Morgan fingerprint density at radius 2 is 1.93 bits per heavy atom. The lowest BCUT2D eigenvalue weighted by Crippen LogP contribution is -2.01. The molecule has 0 bridgehead atoms. The first kappa shape index (κ1) is 19.2. The lowest BCUT2D eigenvalue weighted by Gasteiger charge is -2.09. The highest BCUT2D eigenvalue weighted by Gasteiger charge is 2.22. The molecule has 0 spiro atoms. The van der Waals surface area contributed by atoms with Gasteiger partial charge in [-0.3, -0.25) is 4.79 Å². The molecule has 0 saturated heterocycles. The van der Waals surface area contributed by atoms with Gasteiger partial charge in [-0.05, 0) is 62.1 Å². The van der Waals surface area contributed by atoms with Crippen LogP contribution in [0.3, 0.4) is 0 Å². The van der Waals surface area contributed by atoms with E-state index in [0.717, 1.165) is 17.9 Å². The normalized spacial score (nSPS) is 14.4. The first-order valence-corrected chi connectivity index (χ1v) is 9.71. The van der Waals surface area contributed by atoms with Crippen LogP contribution in [0, 0.1) is 5.92 Å². The number of ketones is 1. The van der Waals surface area contributed by atoms with Crippen molar-refractivity contribution >= 4 is 5.78 Å². The molecule has 150 valence electrons. The number of rotatable bonds is 9. The Morgan fingerprint density at radius 3 is 2.66 bits per heavy atom. The summed E-state index contributed by atoms with van der Waals surface area (Å²) in [7, 11) is 0. The first-order valence-electron chi connectivity index (χ1n) is 9.71.